The van der Waals surface area contributed by atoms with E-state index in [4.69, 9.17) is 9.72 Å². The van der Waals surface area contributed by atoms with Crippen molar-refractivity contribution in [2.45, 2.75) is 24.7 Å². The number of nitrogens with zero attached hydrogens (tertiary/aromatic N) is 4. The van der Waals surface area contributed by atoms with Crippen molar-refractivity contribution in [3.05, 3.63) is 48.0 Å². The average molecular weight is 503 g/mol. The molecule has 34 heavy (non-hydrogen) atoms. The highest BCUT2D eigenvalue weighted by Crippen LogP contribution is 2.34. The summed E-state index contributed by atoms with van der Waals surface area (Å²) in [7, 11) is -0.314. The number of rotatable bonds is 8. The first kappa shape index (κ1) is 24.4. The fraction of sp³-hybridized carbons (Fsp3) is 0.417. The molecule has 1 aliphatic heterocycles. The molecule has 0 atom stereocenters. The summed E-state index contributed by atoms with van der Waals surface area (Å²) in [4.78, 5) is 22.0. The number of sulfonamides is 1. The first-order valence-corrected chi connectivity index (χ1v) is 13.6. The molecule has 0 saturated carbocycles. The molecule has 2 aromatic carbocycles. The molecule has 10 heteroatoms. The van der Waals surface area contributed by atoms with E-state index < -0.39 is 10.0 Å². The van der Waals surface area contributed by atoms with E-state index in [1.54, 1.807) is 42.5 Å². The van der Waals surface area contributed by atoms with Gasteiger partial charge in [0.05, 0.1) is 16.7 Å². The van der Waals surface area contributed by atoms with Crippen molar-refractivity contribution < 1.29 is 17.9 Å². The summed E-state index contributed by atoms with van der Waals surface area (Å²) in [6.07, 6.45) is 1.73. The Hall–Kier alpha value is -2.69. The molecule has 4 rings (SSSR count). The van der Waals surface area contributed by atoms with Gasteiger partial charge < -0.3 is 14.5 Å². The second-order valence-electron chi connectivity index (χ2n) is 8.29. The molecule has 1 saturated heterocycles. The number of amides is 1. The zero-order chi connectivity index (χ0) is 24.3. The Labute approximate surface area is 204 Å². The van der Waals surface area contributed by atoms with E-state index in [1.807, 2.05) is 25.1 Å². The van der Waals surface area contributed by atoms with Gasteiger partial charge in [0.15, 0.2) is 5.13 Å². The molecule has 0 unspecified atom stereocenters. The minimum atomic E-state index is -3.55. The predicted molar refractivity (Wildman–Crippen MR) is 135 cm³/mol. The van der Waals surface area contributed by atoms with Crippen molar-refractivity contribution in [1.29, 1.82) is 0 Å². The van der Waals surface area contributed by atoms with Crippen LogP contribution in [0.15, 0.2) is 47.4 Å². The number of anilines is 1. The molecule has 0 radical (unpaired) electrons. The standard InChI is InChI=1S/C24H30N4O4S2/c1-4-5-13-26(2)34(30,31)19-11-9-18(10-12-19)23(29)27-14-16-28(17-15-27)24-25-22-20(32-3)7-6-8-21(22)33-24/h6-12H,4-5,13-17H2,1-3H3. The van der Waals surface area contributed by atoms with Crippen molar-refractivity contribution in [2.75, 3.05) is 51.8 Å². The summed E-state index contributed by atoms with van der Waals surface area (Å²) in [5.41, 5.74) is 1.35. The molecule has 0 bridgehead atoms. The number of piperazine rings is 1. The maximum absolute atomic E-state index is 13.0. The van der Waals surface area contributed by atoms with E-state index >= 15 is 0 Å². The number of unbranched alkanes of at least 4 members (excludes halogenated alkanes) is 1. The van der Waals surface area contributed by atoms with Gasteiger partial charge in [-0.15, -0.1) is 0 Å². The lowest BCUT2D eigenvalue weighted by Crippen LogP contribution is -2.48. The lowest BCUT2D eigenvalue weighted by Gasteiger charge is -2.34. The minimum Gasteiger partial charge on any atom is -0.494 e. The zero-order valence-corrected chi connectivity index (χ0v) is 21.4. The molecule has 1 aliphatic rings. The first-order valence-electron chi connectivity index (χ1n) is 11.4. The average Bonchev–Trinajstić information content (AvgIpc) is 3.31. The van der Waals surface area contributed by atoms with Crippen LogP contribution in [0.3, 0.4) is 0 Å². The normalized spacial score (nSPS) is 14.7. The molecule has 1 fully saturated rings. The fourth-order valence-corrected chi connectivity index (χ4v) is 6.19. The summed E-state index contributed by atoms with van der Waals surface area (Å²) in [6, 6.07) is 12.2. The van der Waals surface area contributed by atoms with Crippen molar-refractivity contribution in [3.63, 3.8) is 0 Å². The number of hydrogen-bond acceptors (Lipinski definition) is 7. The van der Waals surface area contributed by atoms with Gasteiger partial charge in [-0.3, -0.25) is 4.79 Å². The van der Waals surface area contributed by atoms with E-state index in [-0.39, 0.29) is 10.8 Å². The second kappa shape index (κ2) is 10.3. The number of methoxy groups -OCH3 is 1. The van der Waals surface area contributed by atoms with Crippen LogP contribution in [-0.2, 0) is 10.0 Å². The summed E-state index contributed by atoms with van der Waals surface area (Å²) in [5.74, 6) is 0.671. The first-order chi connectivity index (χ1) is 16.3. The lowest BCUT2D eigenvalue weighted by atomic mass is 10.2. The van der Waals surface area contributed by atoms with Crippen LogP contribution in [0.4, 0.5) is 5.13 Å². The highest BCUT2D eigenvalue weighted by molar-refractivity contribution is 7.89. The Kier molecular flexibility index (Phi) is 7.39. The number of hydrogen-bond donors (Lipinski definition) is 0. The molecule has 0 aliphatic carbocycles. The van der Waals surface area contributed by atoms with Crippen molar-refractivity contribution >= 4 is 42.6 Å². The van der Waals surface area contributed by atoms with E-state index in [0.717, 1.165) is 33.9 Å². The number of ether oxygens (including phenoxy) is 1. The van der Waals surface area contributed by atoms with E-state index in [0.29, 0.717) is 38.3 Å². The highest BCUT2D eigenvalue weighted by Gasteiger charge is 2.25. The Morgan fingerprint density at radius 3 is 2.47 bits per heavy atom. The van der Waals surface area contributed by atoms with Gasteiger partial charge in [-0.05, 0) is 42.8 Å². The number of fused-ring (bicyclic) bond motifs is 1. The summed E-state index contributed by atoms with van der Waals surface area (Å²) in [6.45, 7) is 5.02. The van der Waals surface area contributed by atoms with Gasteiger partial charge in [-0.1, -0.05) is 30.7 Å². The van der Waals surface area contributed by atoms with E-state index in [2.05, 4.69) is 4.90 Å². The lowest BCUT2D eigenvalue weighted by molar-refractivity contribution is 0.0746. The molecular weight excluding hydrogens is 472 g/mol. The molecule has 2 heterocycles. The van der Waals surface area contributed by atoms with Gasteiger partial charge in [0.25, 0.3) is 5.91 Å². The highest BCUT2D eigenvalue weighted by atomic mass is 32.2. The summed E-state index contributed by atoms with van der Waals surface area (Å²) >= 11 is 1.62. The maximum Gasteiger partial charge on any atom is 0.253 e. The fourth-order valence-electron chi connectivity index (χ4n) is 3.95. The minimum absolute atomic E-state index is 0.0890. The molecule has 182 valence electrons. The molecule has 8 nitrogen and oxygen atoms in total. The number of aromatic nitrogens is 1. The Balaban J connectivity index is 1.40. The predicted octanol–water partition coefficient (Wildman–Crippen LogP) is 3.69. The Bertz CT molecular complexity index is 1250. The van der Waals surface area contributed by atoms with Gasteiger partial charge in [0.1, 0.15) is 11.3 Å². The van der Waals surface area contributed by atoms with Gasteiger partial charge >= 0.3 is 0 Å². The maximum atomic E-state index is 13.0. The van der Waals surface area contributed by atoms with Gasteiger partial charge in [-0.25, -0.2) is 17.7 Å². The van der Waals surface area contributed by atoms with Crippen LogP contribution < -0.4 is 9.64 Å². The van der Waals surface area contributed by atoms with Crippen LogP contribution in [0.1, 0.15) is 30.1 Å². The molecule has 1 aromatic heterocycles. The molecule has 0 spiro atoms. The van der Waals surface area contributed by atoms with E-state index in [1.165, 1.54) is 16.4 Å². The van der Waals surface area contributed by atoms with Crippen molar-refractivity contribution in [3.8, 4) is 5.75 Å². The van der Waals surface area contributed by atoms with Crippen LogP contribution in [0.25, 0.3) is 10.2 Å². The number of carbonyl (C=O) groups is 1. The molecule has 1 amide bonds. The topological polar surface area (TPSA) is 83.1 Å². The number of carbonyl (C=O) groups excluding carboxylic acids is 1. The Morgan fingerprint density at radius 2 is 1.82 bits per heavy atom. The monoisotopic (exact) mass is 502 g/mol. The smallest absolute Gasteiger partial charge is 0.253 e. The van der Waals surface area contributed by atoms with Gasteiger partial charge in [0.2, 0.25) is 10.0 Å². The Morgan fingerprint density at radius 1 is 1.12 bits per heavy atom. The number of benzene rings is 2. The second-order valence-corrected chi connectivity index (χ2v) is 11.3. The molecule has 3 aromatic rings. The largest absolute Gasteiger partial charge is 0.494 e. The third kappa shape index (κ3) is 4.89. The van der Waals surface area contributed by atoms with Crippen LogP contribution >= 0.6 is 11.3 Å². The van der Waals surface area contributed by atoms with Crippen LogP contribution in [0.2, 0.25) is 0 Å². The number of thiazole rings is 1. The molecular formula is C24H30N4O4S2. The van der Waals surface area contributed by atoms with Crippen LogP contribution in [-0.4, -0.2) is 75.4 Å². The summed E-state index contributed by atoms with van der Waals surface area (Å²) < 4.78 is 33.3. The third-order valence-electron chi connectivity index (χ3n) is 6.06. The SMILES string of the molecule is CCCCN(C)S(=O)(=O)c1ccc(C(=O)N2CCN(c3nc4c(OC)cccc4s3)CC2)cc1. The van der Waals surface area contributed by atoms with Gasteiger partial charge in [-0.2, -0.15) is 0 Å². The van der Waals surface area contributed by atoms with Crippen molar-refractivity contribution in [2.24, 2.45) is 0 Å². The number of para-hydroxylation sites is 1. The van der Waals surface area contributed by atoms with Crippen LogP contribution in [0, 0.1) is 0 Å². The molecule has 0 N–H and O–H groups in total. The third-order valence-corrected chi connectivity index (χ3v) is 9.02. The summed E-state index contributed by atoms with van der Waals surface area (Å²) in [5, 5.41) is 0.924. The van der Waals surface area contributed by atoms with Crippen molar-refractivity contribution in [1.82, 2.24) is 14.2 Å². The quantitative estimate of drug-likeness (QED) is 0.467. The van der Waals surface area contributed by atoms with E-state index in [9.17, 15) is 13.2 Å². The van der Waals surface area contributed by atoms with Gasteiger partial charge in [0, 0.05) is 45.3 Å². The van der Waals surface area contributed by atoms with Crippen LogP contribution in [0.5, 0.6) is 5.75 Å². The zero-order valence-electron chi connectivity index (χ0n) is 19.7.